The van der Waals surface area contributed by atoms with Crippen LogP contribution in [0.25, 0.3) is 0 Å². The van der Waals surface area contributed by atoms with E-state index in [-0.39, 0.29) is 0 Å². The summed E-state index contributed by atoms with van der Waals surface area (Å²) in [5.74, 6) is 0. The normalized spacial score (nSPS) is 20.5. The quantitative estimate of drug-likeness (QED) is 0.857. The standard InChI is InChI=1S/C11H15ClN2O/c12-10-8-13-5-4-11(10)14-6-3-9-2-1-7-15-9/h4-5,8-9H,1-3,6-7H2,(H,13,14). The zero-order valence-corrected chi connectivity index (χ0v) is 9.33. The Kier molecular flexibility index (Phi) is 3.80. The molecule has 0 saturated carbocycles. The van der Waals surface area contributed by atoms with Crippen LogP contribution in [-0.2, 0) is 4.74 Å². The largest absolute Gasteiger partial charge is 0.384 e. The van der Waals surface area contributed by atoms with Crippen molar-refractivity contribution in [3.05, 3.63) is 23.5 Å². The molecule has 15 heavy (non-hydrogen) atoms. The smallest absolute Gasteiger partial charge is 0.0820 e. The number of halogens is 1. The van der Waals surface area contributed by atoms with Gasteiger partial charge in [0.25, 0.3) is 0 Å². The summed E-state index contributed by atoms with van der Waals surface area (Å²) in [4.78, 5) is 3.93. The van der Waals surface area contributed by atoms with E-state index in [2.05, 4.69) is 10.3 Å². The maximum atomic E-state index is 5.96. The summed E-state index contributed by atoms with van der Waals surface area (Å²) >= 11 is 5.96. The van der Waals surface area contributed by atoms with E-state index in [1.165, 1.54) is 12.8 Å². The molecule has 1 aliphatic rings. The van der Waals surface area contributed by atoms with Gasteiger partial charge in [-0.05, 0) is 25.3 Å². The van der Waals surface area contributed by atoms with Gasteiger partial charge < -0.3 is 10.1 Å². The first kappa shape index (κ1) is 10.7. The van der Waals surface area contributed by atoms with E-state index in [1.807, 2.05) is 6.07 Å². The molecule has 0 amide bonds. The van der Waals surface area contributed by atoms with Gasteiger partial charge in [0.1, 0.15) is 0 Å². The van der Waals surface area contributed by atoms with Crippen LogP contribution in [0, 0.1) is 0 Å². The van der Waals surface area contributed by atoms with E-state index in [9.17, 15) is 0 Å². The number of aromatic nitrogens is 1. The Morgan fingerprint density at radius 2 is 2.53 bits per heavy atom. The monoisotopic (exact) mass is 226 g/mol. The van der Waals surface area contributed by atoms with Gasteiger partial charge in [0.05, 0.1) is 16.8 Å². The molecule has 1 aromatic rings. The predicted octanol–water partition coefficient (Wildman–Crippen LogP) is 2.72. The third-order valence-corrected chi connectivity index (χ3v) is 2.88. The molecule has 0 spiro atoms. The first-order valence-electron chi connectivity index (χ1n) is 5.31. The second-order valence-corrected chi connectivity index (χ2v) is 4.11. The van der Waals surface area contributed by atoms with Gasteiger partial charge in [-0.3, -0.25) is 4.98 Å². The van der Waals surface area contributed by atoms with Crippen molar-refractivity contribution in [3.8, 4) is 0 Å². The minimum atomic E-state index is 0.429. The first-order chi connectivity index (χ1) is 7.36. The molecular formula is C11H15ClN2O. The van der Waals surface area contributed by atoms with Crippen molar-refractivity contribution in [2.75, 3.05) is 18.5 Å². The van der Waals surface area contributed by atoms with Crippen molar-refractivity contribution < 1.29 is 4.74 Å². The van der Waals surface area contributed by atoms with E-state index < -0.39 is 0 Å². The fourth-order valence-electron chi connectivity index (χ4n) is 1.76. The summed E-state index contributed by atoms with van der Waals surface area (Å²) in [6, 6.07) is 1.89. The number of hydrogen-bond donors (Lipinski definition) is 1. The van der Waals surface area contributed by atoms with Crippen LogP contribution in [0.5, 0.6) is 0 Å². The Balaban J connectivity index is 1.75. The highest BCUT2D eigenvalue weighted by Crippen LogP contribution is 2.20. The van der Waals surface area contributed by atoms with Crippen molar-refractivity contribution in [2.45, 2.75) is 25.4 Å². The van der Waals surface area contributed by atoms with Crippen LogP contribution in [0.4, 0.5) is 5.69 Å². The minimum absolute atomic E-state index is 0.429. The fraction of sp³-hybridized carbons (Fsp3) is 0.545. The van der Waals surface area contributed by atoms with Gasteiger partial charge in [-0.1, -0.05) is 11.6 Å². The lowest BCUT2D eigenvalue weighted by molar-refractivity contribution is 0.107. The van der Waals surface area contributed by atoms with Crippen LogP contribution in [0.2, 0.25) is 5.02 Å². The minimum Gasteiger partial charge on any atom is -0.384 e. The molecule has 1 unspecified atom stereocenters. The summed E-state index contributed by atoms with van der Waals surface area (Å²) in [5, 5.41) is 3.96. The third-order valence-electron chi connectivity index (χ3n) is 2.58. The fourth-order valence-corrected chi connectivity index (χ4v) is 1.94. The summed E-state index contributed by atoms with van der Waals surface area (Å²) in [6.45, 7) is 1.81. The highest BCUT2D eigenvalue weighted by molar-refractivity contribution is 6.33. The van der Waals surface area contributed by atoms with E-state index in [4.69, 9.17) is 16.3 Å². The van der Waals surface area contributed by atoms with E-state index in [0.717, 1.165) is 25.3 Å². The lowest BCUT2D eigenvalue weighted by Crippen LogP contribution is -2.12. The van der Waals surface area contributed by atoms with Gasteiger partial charge in [0.15, 0.2) is 0 Å². The van der Waals surface area contributed by atoms with Crippen LogP contribution in [-0.4, -0.2) is 24.2 Å². The molecule has 82 valence electrons. The van der Waals surface area contributed by atoms with Gasteiger partial charge in [0.2, 0.25) is 0 Å². The summed E-state index contributed by atoms with van der Waals surface area (Å²) in [7, 11) is 0. The van der Waals surface area contributed by atoms with Crippen LogP contribution < -0.4 is 5.32 Å². The zero-order chi connectivity index (χ0) is 10.5. The molecule has 2 rings (SSSR count). The molecule has 3 nitrogen and oxygen atoms in total. The second-order valence-electron chi connectivity index (χ2n) is 3.71. The van der Waals surface area contributed by atoms with E-state index in [0.29, 0.717) is 11.1 Å². The van der Waals surface area contributed by atoms with Gasteiger partial charge in [-0.15, -0.1) is 0 Å². The van der Waals surface area contributed by atoms with Crippen LogP contribution in [0.15, 0.2) is 18.5 Å². The lowest BCUT2D eigenvalue weighted by Gasteiger charge is -2.11. The molecule has 0 radical (unpaired) electrons. The molecule has 1 N–H and O–H groups in total. The highest BCUT2D eigenvalue weighted by Gasteiger charge is 2.14. The van der Waals surface area contributed by atoms with Crippen molar-refractivity contribution in [1.82, 2.24) is 4.98 Å². The molecule has 2 heterocycles. The van der Waals surface area contributed by atoms with Gasteiger partial charge >= 0.3 is 0 Å². The number of hydrogen-bond acceptors (Lipinski definition) is 3. The predicted molar refractivity (Wildman–Crippen MR) is 61.3 cm³/mol. The number of nitrogens with zero attached hydrogens (tertiary/aromatic N) is 1. The van der Waals surface area contributed by atoms with Crippen molar-refractivity contribution in [3.63, 3.8) is 0 Å². The Bertz CT molecular complexity index is 313. The van der Waals surface area contributed by atoms with Crippen molar-refractivity contribution in [1.29, 1.82) is 0 Å². The molecular weight excluding hydrogens is 212 g/mol. The molecule has 1 fully saturated rings. The van der Waals surface area contributed by atoms with Crippen molar-refractivity contribution >= 4 is 17.3 Å². The molecule has 1 aromatic heterocycles. The average Bonchev–Trinajstić information content (AvgIpc) is 2.74. The molecule has 1 atom stereocenters. The maximum absolute atomic E-state index is 5.96. The lowest BCUT2D eigenvalue weighted by atomic mass is 10.2. The topological polar surface area (TPSA) is 34.2 Å². The maximum Gasteiger partial charge on any atom is 0.0820 e. The Hall–Kier alpha value is -0.800. The van der Waals surface area contributed by atoms with Gasteiger partial charge in [-0.25, -0.2) is 0 Å². The Morgan fingerprint density at radius 1 is 1.60 bits per heavy atom. The zero-order valence-electron chi connectivity index (χ0n) is 8.58. The van der Waals surface area contributed by atoms with Gasteiger partial charge in [0, 0.05) is 25.5 Å². The number of anilines is 1. The number of ether oxygens (including phenoxy) is 1. The first-order valence-corrected chi connectivity index (χ1v) is 5.69. The number of nitrogens with one attached hydrogen (secondary N) is 1. The Labute approximate surface area is 94.8 Å². The molecule has 0 bridgehead atoms. The third kappa shape index (κ3) is 3.08. The van der Waals surface area contributed by atoms with Crippen LogP contribution in [0.1, 0.15) is 19.3 Å². The second kappa shape index (κ2) is 5.33. The molecule has 4 heteroatoms. The summed E-state index contributed by atoms with van der Waals surface area (Å²) < 4.78 is 5.54. The SMILES string of the molecule is Clc1cnccc1NCCC1CCCO1. The number of rotatable bonds is 4. The van der Waals surface area contributed by atoms with Crippen LogP contribution >= 0.6 is 11.6 Å². The number of pyridine rings is 1. The van der Waals surface area contributed by atoms with Crippen LogP contribution in [0.3, 0.4) is 0 Å². The van der Waals surface area contributed by atoms with Gasteiger partial charge in [-0.2, -0.15) is 0 Å². The van der Waals surface area contributed by atoms with E-state index >= 15 is 0 Å². The molecule has 0 aliphatic carbocycles. The summed E-state index contributed by atoms with van der Waals surface area (Å²) in [5.41, 5.74) is 0.949. The molecule has 1 saturated heterocycles. The Morgan fingerprint density at radius 3 is 3.27 bits per heavy atom. The van der Waals surface area contributed by atoms with Crippen molar-refractivity contribution in [2.24, 2.45) is 0 Å². The molecule has 1 aliphatic heterocycles. The molecule has 0 aromatic carbocycles. The van der Waals surface area contributed by atoms with E-state index in [1.54, 1.807) is 12.4 Å². The average molecular weight is 227 g/mol. The summed E-state index contributed by atoms with van der Waals surface area (Å²) in [6.07, 6.45) is 7.24. The highest BCUT2D eigenvalue weighted by atomic mass is 35.5.